The van der Waals surface area contributed by atoms with Crippen molar-refractivity contribution in [3.8, 4) is 0 Å². The summed E-state index contributed by atoms with van der Waals surface area (Å²) in [7, 11) is -1.83. The van der Waals surface area contributed by atoms with Gasteiger partial charge in [-0.15, -0.1) is 0 Å². The van der Waals surface area contributed by atoms with E-state index >= 15 is 0 Å². The van der Waals surface area contributed by atoms with Crippen LogP contribution in [0.25, 0.3) is 0 Å². The second-order valence-electron chi connectivity index (χ2n) is 7.30. The first-order chi connectivity index (χ1) is 11.9. The van der Waals surface area contributed by atoms with Gasteiger partial charge in [0.2, 0.25) is 10.0 Å². The Morgan fingerprint density at radius 2 is 2.12 bits per heavy atom. The van der Waals surface area contributed by atoms with Crippen LogP contribution in [0.3, 0.4) is 0 Å². The van der Waals surface area contributed by atoms with Crippen molar-refractivity contribution in [3.05, 3.63) is 18.0 Å². The molecular weight excluding hydrogens is 340 g/mol. The van der Waals surface area contributed by atoms with Crippen LogP contribution in [0.15, 0.2) is 17.2 Å². The summed E-state index contributed by atoms with van der Waals surface area (Å²) in [6.07, 6.45) is 5.46. The summed E-state index contributed by atoms with van der Waals surface area (Å²) >= 11 is 0. The molecule has 1 aromatic heterocycles. The van der Waals surface area contributed by atoms with E-state index in [2.05, 4.69) is 17.6 Å². The number of carbonyl (C=O) groups excluding carboxylic acids is 1. The fourth-order valence-corrected chi connectivity index (χ4v) is 5.32. The monoisotopic (exact) mass is 368 g/mol. The second kappa shape index (κ2) is 7.47. The largest absolute Gasteiger partial charge is 0.347 e. The molecule has 2 aliphatic heterocycles. The molecule has 2 aliphatic rings. The number of piperidine rings is 2. The van der Waals surface area contributed by atoms with Gasteiger partial charge >= 0.3 is 0 Å². The van der Waals surface area contributed by atoms with E-state index in [0.29, 0.717) is 24.7 Å². The molecule has 2 atom stereocenters. The molecular formula is C17H28N4O3S. The third-order valence-corrected chi connectivity index (χ3v) is 6.93. The highest BCUT2D eigenvalue weighted by Crippen LogP contribution is 2.24. The molecule has 1 amide bonds. The Hall–Kier alpha value is -1.38. The number of amides is 1. The first kappa shape index (κ1) is 18.4. The standard InChI is InChI=1S/C17H28N4O3S/c1-13-5-4-8-21(11-13)25(23,24)15-9-16(20(2)12-15)17(22)19-14-6-3-7-18-10-14/h9,12-14,18H,3-8,10-11H2,1-2H3,(H,19,22). The molecule has 25 heavy (non-hydrogen) atoms. The van der Waals surface area contributed by atoms with E-state index < -0.39 is 10.0 Å². The van der Waals surface area contributed by atoms with E-state index in [-0.39, 0.29) is 16.8 Å². The highest BCUT2D eigenvalue weighted by Gasteiger charge is 2.30. The van der Waals surface area contributed by atoms with Crippen LogP contribution in [0.2, 0.25) is 0 Å². The average molecular weight is 369 g/mol. The van der Waals surface area contributed by atoms with Gasteiger partial charge in [-0.2, -0.15) is 4.31 Å². The molecule has 2 saturated heterocycles. The van der Waals surface area contributed by atoms with E-state index in [1.54, 1.807) is 22.1 Å². The zero-order valence-corrected chi connectivity index (χ0v) is 15.8. The van der Waals surface area contributed by atoms with Crippen molar-refractivity contribution in [2.75, 3.05) is 26.2 Å². The summed E-state index contributed by atoms with van der Waals surface area (Å²) in [6.45, 7) is 4.91. The minimum atomic E-state index is -3.54. The first-order valence-corrected chi connectivity index (χ1v) is 10.5. The fourth-order valence-electron chi connectivity index (χ4n) is 3.65. The maximum absolute atomic E-state index is 12.9. The summed E-state index contributed by atoms with van der Waals surface area (Å²) in [5.74, 6) is 0.151. The molecule has 2 unspecified atom stereocenters. The molecule has 3 heterocycles. The Bertz CT molecular complexity index is 722. The summed E-state index contributed by atoms with van der Waals surface area (Å²) in [5, 5.41) is 6.26. The molecule has 0 bridgehead atoms. The van der Waals surface area contributed by atoms with Crippen LogP contribution in [0, 0.1) is 5.92 Å². The number of hydrogen-bond donors (Lipinski definition) is 2. The highest BCUT2D eigenvalue weighted by atomic mass is 32.2. The van der Waals surface area contributed by atoms with E-state index in [1.165, 1.54) is 6.07 Å². The van der Waals surface area contributed by atoms with E-state index in [9.17, 15) is 13.2 Å². The molecule has 0 spiro atoms. The normalized spacial score (nSPS) is 25.7. The van der Waals surface area contributed by atoms with Crippen LogP contribution in [0.4, 0.5) is 0 Å². The van der Waals surface area contributed by atoms with Crippen molar-refractivity contribution >= 4 is 15.9 Å². The lowest BCUT2D eigenvalue weighted by atomic mass is 10.0. The molecule has 2 N–H and O–H groups in total. The van der Waals surface area contributed by atoms with Crippen molar-refractivity contribution in [2.45, 2.75) is 43.5 Å². The molecule has 0 saturated carbocycles. The fraction of sp³-hybridized carbons (Fsp3) is 0.706. The number of carbonyl (C=O) groups is 1. The van der Waals surface area contributed by atoms with Gasteiger partial charge in [0.05, 0.1) is 0 Å². The van der Waals surface area contributed by atoms with Gasteiger partial charge in [0.1, 0.15) is 10.6 Å². The van der Waals surface area contributed by atoms with Gasteiger partial charge in [0, 0.05) is 38.9 Å². The van der Waals surface area contributed by atoms with Gasteiger partial charge in [-0.05, 0) is 44.2 Å². The molecule has 2 fully saturated rings. The van der Waals surface area contributed by atoms with Crippen LogP contribution in [0.1, 0.15) is 43.1 Å². The Morgan fingerprint density at radius 3 is 2.80 bits per heavy atom. The quantitative estimate of drug-likeness (QED) is 0.828. The van der Waals surface area contributed by atoms with Crippen LogP contribution in [0.5, 0.6) is 0 Å². The Kier molecular flexibility index (Phi) is 5.50. The van der Waals surface area contributed by atoms with Crippen molar-refractivity contribution in [3.63, 3.8) is 0 Å². The maximum atomic E-state index is 12.9. The number of aromatic nitrogens is 1. The molecule has 0 radical (unpaired) electrons. The summed E-state index contributed by atoms with van der Waals surface area (Å²) < 4.78 is 28.9. The van der Waals surface area contributed by atoms with Crippen LogP contribution in [-0.4, -0.2) is 55.4 Å². The van der Waals surface area contributed by atoms with Gasteiger partial charge in [-0.1, -0.05) is 6.92 Å². The molecule has 3 rings (SSSR count). The zero-order valence-electron chi connectivity index (χ0n) is 15.0. The minimum Gasteiger partial charge on any atom is -0.347 e. The number of hydrogen-bond acceptors (Lipinski definition) is 4. The molecule has 8 heteroatoms. The van der Waals surface area contributed by atoms with Crippen molar-refractivity contribution in [1.82, 2.24) is 19.5 Å². The Morgan fingerprint density at radius 1 is 1.32 bits per heavy atom. The molecule has 7 nitrogen and oxygen atoms in total. The lowest BCUT2D eigenvalue weighted by molar-refractivity contribution is 0.0922. The zero-order chi connectivity index (χ0) is 18.0. The van der Waals surface area contributed by atoms with Crippen LogP contribution in [-0.2, 0) is 17.1 Å². The number of rotatable bonds is 4. The second-order valence-corrected chi connectivity index (χ2v) is 9.24. The Balaban J connectivity index is 1.75. The summed E-state index contributed by atoms with van der Waals surface area (Å²) in [5.41, 5.74) is 0.384. The van der Waals surface area contributed by atoms with Crippen molar-refractivity contribution in [1.29, 1.82) is 0 Å². The predicted molar refractivity (Wildman–Crippen MR) is 95.9 cm³/mol. The van der Waals surface area contributed by atoms with Crippen LogP contribution < -0.4 is 10.6 Å². The van der Waals surface area contributed by atoms with Crippen molar-refractivity contribution < 1.29 is 13.2 Å². The Labute approximate surface area is 149 Å². The third kappa shape index (κ3) is 4.07. The maximum Gasteiger partial charge on any atom is 0.268 e. The van der Waals surface area contributed by atoms with Gasteiger partial charge in [-0.3, -0.25) is 4.79 Å². The lowest BCUT2D eigenvalue weighted by Gasteiger charge is -2.29. The molecule has 0 aliphatic carbocycles. The molecule has 140 valence electrons. The average Bonchev–Trinajstić information content (AvgIpc) is 2.98. The third-order valence-electron chi connectivity index (χ3n) is 5.10. The van der Waals surface area contributed by atoms with Crippen LogP contribution >= 0.6 is 0 Å². The van der Waals surface area contributed by atoms with Gasteiger partial charge in [-0.25, -0.2) is 8.42 Å². The smallest absolute Gasteiger partial charge is 0.268 e. The summed E-state index contributed by atoms with van der Waals surface area (Å²) in [4.78, 5) is 12.7. The van der Waals surface area contributed by atoms with E-state index in [0.717, 1.165) is 38.8 Å². The van der Waals surface area contributed by atoms with Gasteiger partial charge in [0.15, 0.2) is 0 Å². The molecule has 1 aromatic rings. The SMILES string of the molecule is CC1CCCN(S(=O)(=O)c2cc(C(=O)NC3CCCNC3)n(C)c2)C1. The molecule has 0 aromatic carbocycles. The first-order valence-electron chi connectivity index (χ1n) is 9.06. The number of sulfonamides is 1. The van der Waals surface area contributed by atoms with Crippen molar-refractivity contribution in [2.24, 2.45) is 13.0 Å². The topological polar surface area (TPSA) is 83.4 Å². The summed E-state index contributed by atoms with van der Waals surface area (Å²) in [6, 6.07) is 1.60. The van der Waals surface area contributed by atoms with E-state index in [4.69, 9.17) is 0 Å². The number of nitrogens with one attached hydrogen (secondary N) is 2. The minimum absolute atomic E-state index is 0.0964. The highest BCUT2D eigenvalue weighted by molar-refractivity contribution is 7.89. The van der Waals surface area contributed by atoms with Gasteiger partial charge in [0.25, 0.3) is 5.91 Å². The van der Waals surface area contributed by atoms with E-state index in [1.807, 2.05) is 0 Å². The number of nitrogens with zero attached hydrogens (tertiary/aromatic N) is 2. The predicted octanol–water partition coefficient (Wildman–Crippen LogP) is 0.928. The lowest BCUT2D eigenvalue weighted by Crippen LogP contribution is -2.45. The number of aryl methyl sites for hydroxylation is 1. The van der Waals surface area contributed by atoms with Gasteiger partial charge < -0.3 is 15.2 Å².